The molecule has 0 aliphatic carbocycles. The molecule has 0 spiro atoms. The van der Waals surface area contributed by atoms with Crippen molar-refractivity contribution in [3.8, 4) is 0 Å². The van der Waals surface area contributed by atoms with E-state index in [4.69, 9.17) is 0 Å². The molecule has 0 radical (unpaired) electrons. The smallest absolute Gasteiger partial charge is 0.167 e. The molecular weight excluding hydrogens is 236 g/mol. The van der Waals surface area contributed by atoms with Crippen LogP contribution >= 0.6 is 0 Å². The Labute approximate surface area is 111 Å². The quantitative estimate of drug-likeness (QED) is 0.669. The predicted octanol–water partition coefficient (Wildman–Crippen LogP) is 3.06. The summed E-state index contributed by atoms with van der Waals surface area (Å²) < 4.78 is 0. The van der Waals surface area contributed by atoms with E-state index in [0.29, 0.717) is 6.42 Å². The van der Waals surface area contributed by atoms with E-state index in [2.05, 4.69) is 9.97 Å². The Morgan fingerprint density at radius 1 is 1.00 bits per heavy atom. The molecule has 1 aromatic carbocycles. The number of carbonyl (C=O) groups is 1. The van der Waals surface area contributed by atoms with Crippen LogP contribution in [-0.4, -0.2) is 15.8 Å². The highest BCUT2D eigenvalue weighted by Gasteiger charge is 2.10. The number of ketones is 1. The van der Waals surface area contributed by atoms with Gasteiger partial charge in [0.25, 0.3) is 0 Å². The highest BCUT2D eigenvalue weighted by Crippen LogP contribution is 2.18. The largest absolute Gasteiger partial charge is 0.294 e. The van der Waals surface area contributed by atoms with Gasteiger partial charge < -0.3 is 0 Å². The lowest BCUT2D eigenvalue weighted by molar-refractivity contribution is 0.0994. The lowest BCUT2D eigenvalue weighted by atomic mass is 10.0. The van der Waals surface area contributed by atoms with Crippen molar-refractivity contribution < 1.29 is 4.79 Å². The van der Waals surface area contributed by atoms with E-state index in [-0.39, 0.29) is 5.78 Å². The molecule has 2 aromatic heterocycles. The maximum Gasteiger partial charge on any atom is 0.167 e. The minimum atomic E-state index is 0.0894. The minimum Gasteiger partial charge on any atom is -0.294 e. The zero-order valence-corrected chi connectivity index (χ0v) is 10.3. The molecule has 3 nitrogen and oxygen atoms in total. The Hall–Kier alpha value is -2.55. The second-order valence-corrected chi connectivity index (χ2v) is 4.34. The fraction of sp³-hybridized carbons (Fsp3) is 0.0625. The fourth-order valence-corrected chi connectivity index (χ4v) is 2.13. The van der Waals surface area contributed by atoms with Gasteiger partial charge in [0.05, 0.1) is 5.52 Å². The predicted molar refractivity (Wildman–Crippen MR) is 74.0 cm³/mol. The van der Waals surface area contributed by atoms with Crippen LogP contribution in [-0.2, 0) is 6.42 Å². The number of pyridine rings is 2. The van der Waals surface area contributed by atoms with Gasteiger partial charge in [-0.1, -0.05) is 24.3 Å². The second kappa shape index (κ2) is 4.98. The van der Waals surface area contributed by atoms with Crippen molar-refractivity contribution in [1.29, 1.82) is 0 Å². The van der Waals surface area contributed by atoms with Crippen molar-refractivity contribution in [2.75, 3.05) is 0 Å². The van der Waals surface area contributed by atoms with Gasteiger partial charge in [-0.2, -0.15) is 0 Å². The molecule has 0 N–H and O–H groups in total. The third kappa shape index (κ3) is 2.36. The number of nitrogens with zero attached hydrogens (tertiary/aromatic N) is 2. The molecule has 3 rings (SSSR count). The number of hydrogen-bond acceptors (Lipinski definition) is 3. The van der Waals surface area contributed by atoms with Crippen LogP contribution in [0.15, 0.2) is 61.1 Å². The van der Waals surface area contributed by atoms with Crippen LogP contribution in [0.1, 0.15) is 15.9 Å². The number of aromatic nitrogens is 2. The first-order valence-corrected chi connectivity index (χ1v) is 6.10. The Morgan fingerprint density at radius 3 is 2.74 bits per heavy atom. The summed E-state index contributed by atoms with van der Waals surface area (Å²) in [6, 6.07) is 13.2. The molecular formula is C16H12N2O. The van der Waals surface area contributed by atoms with E-state index in [1.165, 1.54) is 0 Å². The molecule has 0 aliphatic heterocycles. The van der Waals surface area contributed by atoms with Gasteiger partial charge in [0.1, 0.15) is 0 Å². The fourth-order valence-electron chi connectivity index (χ4n) is 2.13. The number of hydrogen-bond donors (Lipinski definition) is 0. The summed E-state index contributed by atoms with van der Waals surface area (Å²) in [6.07, 6.45) is 5.52. The number of rotatable bonds is 3. The molecule has 0 unspecified atom stereocenters. The van der Waals surface area contributed by atoms with Crippen molar-refractivity contribution in [1.82, 2.24) is 9.97 Å². The zero-order valence-electron chi connectivity index (χ0n) is 10.3. The Kier molecular flexibility index (Phi) is 3.02. The molecule has 0 atom stereocenters. The molecule has 0 bridgehead atoms. The van der Waals surface area contributed by atoms with Gasteiger partial charge in [-0.25, -0.2) is 0 Å². The summed E-state index contributed by atoms with van der Waals surface area (Å²) >= 11 is 0. The molecule has 0 amide bonds. The van der Waals surface area contributed by atoms with Gasteiger partial charge >= 0.3 is 0 Å². The number of fused-ring (bicyclic) bond motifs is 1. The van der Waals surface area contributed by atoms with Crippen LogP contribution in [0.3, 0.4) is 0 Å². The molecule has 3 heteroatoms. The van der Waals surface area contributed by atoms with Crippen LogP contribution in [0.25, 0.3) is 10.9 Å². The second-order valence-electron chi connectivity index (χ2n) is 4.34. The monoisotopic (exact) mass is 248 g/mol. The van der Waals surface area contributed by atoms with E-state index < -0.39 is 0 Å². The van der Waals surface area contributed by atoms with Gasteiger partial charge in [0, 0.05) is 36.0 Å². The SMILES string of the molecule is O=C(Cc1cccnc1)c1cccc2ncccc12. The molecule has 2 heterocycles. The van der Waals surface area contributed by atoms with Crippen LogP contribution in [0.4, 0.5) is 0 Å². The van der Waals surface area contributed by atoms with E-state index in [0.717, 1.165) is 22.0 Å². The van der Waals surface area contributed by atoms with Gasteiger partial charge in [-0.05, 0) is 23.8 Å². The van der Waals surface area contributed by atoms with Crippen molar-refractivity contribution in [2.45, 2.75) is 6.42 Å². The van der Waals surface area contributed by atoms with Gasteiger partial charge in [0.2, 0.25) is 0 Å². The summed E-state index contributed by atoms with van der Waals surface area (Å²) in [5.74, 6) is 0.0894. The molecule has 0 saturated heterocycles. The summed E-state index contributed by atoms with van der Waals surface area (Å²) in [5, 5.41) is 0.902. The maximum atomic E-state index is 12.4. The molecule has 3 aromatic rings. The first-order chi connectivity index (χ1) is 9.34. The van der Waals surface area contributed by atoms with E-state index >= 15 is 0 Å². The minimum absolute atomic E-state index is 0.0894. The highest BCUT2D eigenvalue weighted by molar-refractivity contribution is 6.08. The van der Waals surface area contributed by atoms with Crippen LogP contribution < -0.4 is 0 Å². The number of carbonyl (C=O) groups excluding carboxylic acids is 1. The Morgan fingerprint density at radius 2 is 1.89 bits per heavy atom. The van der Waals surface area contributed by atoms with Crippen LogP contribution in [0.2, 0.25) is 0 Å². The third-order valence-corrected chi connectivity index (χ3v) is 3.03. The van der Waals surface area contributed by atoms with Crippen molar-refractivity contribution in [3.05, 3.63) is 72.2 Å². The van der Waals surface area contributed by atoms with Gasteiger partial charge in [-0.3, -0.25) is 14.8 Å². The topological polar surface area (TPSA) is 42.9 Å². The lowest BCUT2D eigenvalue weighted by Crippen LogP contribution is -2.04. The normalized spacial score (nSPS) is 10.5. The first kappa shape index (κ1) is 11.5. The van der Waals surface area contributed by atoms with Crippen molar-refractivity contribution >= 4 is 16.7 Å². The zero-order chi connectivity index (χ0) is 13.1. The van der Waals surface area contributed by atoms with E-state index in [1.807, 2.05) is 42.5 Å². The summed E-state index contributed by atoms with van der Waals surface area (Å²) in [4.78, 5) is 20.7. The Balaban J connectivity index is 1.98. The van der Waals surface area contributed by atoms with Crippen molar-refractivity contribution in [3.63, 3.8) is 0 Å². The van der Waals surface area contributed by atoms with Gasteiger partial charge in [0.15, 0.2) is 5.78 Å². The molecule has 0 fully saturated rings. The highest BCUT2D eigenvalue weighted by atomic mass is 16.1. The Bertz CT molecular complexity index is 718. The molecule has 0 aliphatic rings. The van der Waals surface area contributed by atoms with Gasteiger partial charge in [-0.15, -0.1) is 0 Å². The number of Topliss-reactive ketones (excluding diaryl/α,β-unsaturated/α-hetero) is 1. The summed E-state index contributed by atoms with van der Waals surface area (Å²) in [5.41, 5.74) is 2.49. The van der Waals surface area contributed by atoms with Crippen molar-refractivity contribution in [2.24, 2.45) is 0 Å². The molecule has 0 saturated carbocycles. The average molecular weight is 248 g/mol. The molecule has 92 valence electrons. The van der Waals surface area contributed by atoms with Crippen LogP contribution in [0.5, 0.6) is 0 Å². The summed E-state index contributed by atoms with van der Waals surface area (Å²) in [6.45, 7) is 0. The van der Waals surface area contributed by atoms with E-state index in [1.54, 1.807) is 18.6 Å². The average Bonchev–Trinajstić information content (AvgIpc) is 2.47. The standard InChI is InChI=1S/C16H12N2O/c19-16(10-12-4-2-8-17-11-12)14-5-1-7-15-13(14)6-3-9-18-15/h1-9,11H,10H2. The van der Waals surface area contributed by atoms with Crippen LogP contribution in [0, 0.1) is 0 Å². The number of benzene rings is 1. The first-order valence-electron chi connectivity index (χ1n) is 6.10. The summed E-state index contributed by atoms with van der Waals surface area (Å²) in [7, 11) is 0. The molecule has 19 heavy (non-hydrogen) atoms. The third-order valence-electron chi connectivity index (χ3n) is 3.03. The lowest BCUT2D eigenvalue weighted by Gasteiger charge is -2.05. The maximum absolute atomic E-state index is 12.4. The van der Waals surface area contributed by atoms with E-state index in [9.17, 15) is 4.79 Å².